The molecule has 0 heterocycles. The van der Waals surface area contributed by atoms with Crippen molar-refractivity contribution >= 4 is 21.7 Å². The highest BCUT2D eigenvalue weighted by molar-refractivity contribution is 7.92. The molecule has 2 N–H and O–H groups in total. The van der Waals surface area contributed by atoms with Crippen LogP contribution in [0.15, 0.2) is 24.3 Å². The van der Waals surface area contributed by atoms with Gasteiger partial charge in [-0.25, -0.2) is 8.42 Å². The highest BCUT2D eigenvalue weighted by atomic mass is 32.2. The molecule has 0 spiro atoms. The van der Waals surface area contributed by atoms with Crippen molar-refractivity contribution in [2.45, 2.75) is 32.6 Å². The molecule has 6 heteroatoms. The summed E-state index contributed by atoms with van der Waals surface area (Å²) < 4.78 is 25.8. The molecule has 0 unspecified atom stereocenters. The van der Waals surface area contributed by atoms with Crippen LogP contribution in [0, 0.1) is 0 Å². The molecule has 0 amide bonds. The number of carboxylic acid groups (broad SMARTS) is 1. The van der Waals surface area contributed by atoms with Gasteiger partial charge in [-0.15, -0.1) is 0 Å². The van der Waals surface area contributed by atoms with Crippen LogP contribution >= 0.6 is 0 Å². The van der Waals surface area contributed by atoms with Gasteiger partial charge in [0.05, 0.1) is 5.75 Å². The zero-order valence-electron chi connectivity index (χ0n) is 11.1. The topological polar surface area (TPSA) is 83.5 Å². The standard InChI is InChI=1S/C13H19NO4S/c1-10(2)11-5-7-12(8-6-11)14-19(17,18)9-3-4-13(15)16/h5-8,10,14H,3-4,9H2,1-2H3,(H,15,16). The smallest absolute Gasteiger partial charge is 0.303 e. The van der Waals surface area contributed by atoms with Gasteiger partial charge in [-0.1, -0.05) is 26.0 Å². The van der Waals surface area contributed by atoms with Crippen LogP contribution in [-0.4, -0.2) is 25.2 Å². The number of anilines is 1. The average molecular weight is 285 g/mol. The quantitative estimate of drug-likeness (QED) is 0.806. The van der Waals surface area contributed by atoms with E-state index in [9.17, 15) is 13.2 Å². The molecule has 0 aliphatic heterocycles. The minimum absolute atomic E-state index is 0.106. The molecule has 0 bridgehead atoms. The molecule has 19 heavy (non-hydrogen) atoms. The second-order valence-electron chi connectivity index (χ2n) is 4.69. The summed E-state index contributed by atoms with van der Waals surface area (Å²) in [6.07, 6.45) is -0.0397. The van der Waals surface area contributed by atoms with Gasteiger partial charge in [0, 0.05) is 12.1 Å². The molecule has 0 aliphatic rings. The Morgan fingerprint density at radius 2 is 1.84 bits per heavy atom. The maximum absolute atomic E-state index is 11.7. The first-order valence-electron chi connectivity index (χ1n) is 6.12. The van der Waals surface area contributed by atoms with Crippen LogP contribution in [0.4, 0.5) is 5.69 Å². The van der Waals surface area contributed by atoms with Gasteiger partial charge in [-0.05, 0) is 30.0 Å². The molecule has 0 aromatic heterocycles. The number of nitrogens with one attached hydrogen (secondary N) is 1. The Balaban J connectivity index is 2.60. The first kappa shape index (κ1) is 15.5. The molecular weight excluding hydrogens is 266 g/mol. The van der Waals surface area contributed by atoms with Crippen molar-refractivity contribution in [2.24, 2.45) is 0 Å². The largest absolute Gasteiger partial charge is 0.481 e. The van der Waals surface area contributed by atoms with Gasteiger partial charge in [0.2, 0.25) is 10.0 Å². The van der Waals surface area contributed by atoms with E-state index in [1.807, 2.05) is 12.1 Å². The highest BCUT2D eigenvalue weighted by Gasteiger charge is 2.11. The second-order valence-corrected chi connectivity index (χ2v) is 6.54. The van der Waals surface area contributed by atoms with Crippen molar-refractivity contribution in [2.75, 3.05) is 10.5 Å². The summed E-state index contributed by atoms with van der Waals surface area (Å²) in [5.41, 5.74) is 1.63. The normalized spacial score (nSPS) is 11.5. The van der Waals surface area contributed by atoms with Crippen molar-refractivity contribution in [3.8, 4) is 0 Å². The number of benzene rings is 1. The number of aliphatic carboxylic acids is 1. The summed E-state index contributed by atoms with van der Waals surface area (Å²) in [4.78, 5) is 10.3. The fourth-order valence-corrected chi connectivity index (χ4v) is 2.70. The molecular formula is C13H19NO4S. The highest BCUT2D eigenvalue weighted by Crippen LogP contribution is 2.18. The lowest BCUT2D eigenvalue weighted by Crippen LogP contribution is -2.17. The monoisotopic (exact) mass is 285 g/mol. The number of carbonyl (C=O) groups is 1. The fourth-order valence-electron chi connectivity index (χ4n) is 1.58. The number of carboxylic acids is 1. The first-order chi connectivity index (χ1) is 8.80. The average Bonchev–Trinajstić information content (AvgIpc) is 2.28. The van der Waals surface area contributed by atoms with Gasteiger partial charge in [-0.2, -0.15) is 0 Å². The van der Waals surface area contributed by atoms with Gasteiger partial charge in [0.1, 0.15) is 0 Å². The summed E-state index contributed by atoms with van der Waals surface area (Å²) in [7, 11) is -3.48. The molecule has 0 saturated heterocycles. The molecule has 0 atom stereocenters. The van der Waals surface area contributed by atoms with Crippen molar-refractivity contribution in [1.29, 1.82) is 0 Å². The second kappa shape index (κ2) is 6.56. The summed E-state index contributed by atoms with van der Waals surface area (Å²) >= 11 is 0. The van der Waals surface area contributed by atoms with E-state index in [2.05, 4.69) is 18.6 Å². The van der Waals surface area contributed by atoms with Crippen LogP contribution in [0.2, 0.25) is 0 Å². The minimum atomic E-state index is -3.48. The Hall–Kier alpha value is -1.56. The van der Waals surface area contributed by atoms with Gasteiger partial charge in [0.15, 0.2) is 0 Å². The van der Waals surface area contributed by atoms with Gasteiger partial charge in [-0.3, -0.25) is 9.52 Å². The van der Waals surface area contributed by atoms with E-state index in [1.54, 1.807) is 12.1 Å². The van der Waals surface area contributed by atoms with E-state index in [1.165, 1.54) is 0 Å². The van der Waals surface area contributed by atoms with Crippen LogP contribution in [0.5, 0.6) is 0 Å². The lowest BCUT2D eigenvalue weighted by Gasteiger charge is -2.09. The molecule has 1 rings (SSSR count). The van der Waals surface area contributed by atoms with Gasteiger partial charge in [0.25, 0.3) is 0 Å². The van der Waals surface area contributed by atoms with Crippen LogP contribution < -0.4 is 4.72 Å². The third-order valence-corrected chi connectivity index (χ3v) is 4.03. The molecule has 1 aromatic rings. The molecule has 0 aliphatic carbocycles. The van der Waals surface area contributed by atoms with Crippen LogP contribution in [0.1, 0.15) is 38.2 Å². The number of hydrogen-bond donors (Lipinski definition) is 2. The van der Waals surface area contributed by atoms with Crippen molar-refractivity contribution in [1.82, 2.24) is 0 Å². The van der Waals surface area contributed by atoms with Crippen molar-refractivity contribution in [3.63, 3.8) is 0 Å². The van der Waals surface area contributed by atoms with E-state index in [-0.39, 0.29) is 18.6 Å². The zero-order valence-corrected chi connectivity index (χ0v) is 11.9. The van der Waals surface area contributed by atoms with Crippen LogP contribution in [-0.2, 0) is 14.8 Å². The molecule has 0 saturated carbocycles. The Morgan fingerprint density at radius 3 is 2.32 bits per heavy atom. The fraction of sp³-hybridized carbons (Fsp3) is 0.462. The van der Waals surface area contributed by atoms with E-state index < -0.39 is 16.0 Å². The SMILES string of the molecule is CC(C)c1ccc(NS(=O)(=O)CCCC(=O)O)cc1. The van der Waals surface area contributed by atoms with Crippen molar-refractivity contribution < 1.29 is 18.3 Å². The molecule has 0 fully saturated rings. The predicted octanol–water partition coefficient (Wildman–Crippen LogP) is 2.42. The number of sulfonamides is 1. The lowest BCUT2D eigenvalue weighted by atomic mass is 10.0. The summed E-state index contributed by atoms with van der Waals surface area (Å²) in [5.74, 6) is -0.789. The van der Waals surface area contributed by atoms with E-state index in [0.29, 0.717) is 11.6 Å². The van der Waals surface area contributed by atoms with E-state index in [0.717, 1.165) is 5.56 Å². The van der Waals surface area contributed by atoms with E-state index >= 15 is 0 Å². The number of hydrogen-bond acceptors (Lipinski definition) is 3. The number of rotatable bonds is 7. The molecule has 5 nitrogen and oxygen atoms in total. The zero-order chi connectivity index (χ0) is 14.5. The Kier molecular flexibility index (Phi) is 5.35. The maximum Gasteiger partial charge on any atom is 0.303 e. The summed E-state index contributed by atoms with van der Waals surface area (Å²) in [6, 6.07) is 7.17. The van der Waals surface area contributed by atoms with E-state index in [4.69, 9.17) is 5.11 Å². The molecule has 106 valence electrons. The summed E-state index contributed by atoms with van der Waals surface area (Å²) in [6.45, 7) is 4.12. The Morgan fingerprint density at radius 1 is 1.26 bits per heavy atom. The maximum atomic E-state index is 11.7. The summed E-state index contributed by atoms with van der Waals surface area (Å²) in [5, 5.41) is 8.47. The van der Waals surface area contributed by atoms with Gasteiger partial charge < -0.3 is 5.11 Å². The molecule has 0 radical (unpaired) electrons. The van der Waals surface area contributed by atoms with Crippen LogP contribution in [0.25, 0.3) is 0 Å². The van der Waals surface area contributed by atoms with Crippen LogP contribution in [0.3, 0.4) is 0 Å². The minimum Gasteiger partial charge on any atom is -0.481 e. The van der Waals surface area contributed by atoms with Crippen molar-refractivity contribution in [3.05, 3.63) is 29.8 Å². The third-order valence-electron chi connectivity index (χ3n) is 2.65. The lowest BCUT2D eigenvalue weighted by molar-refractivity contribution is -0.137. The first-order valence-corrected chi connectivity index (χ1v) is 7.77. The Bertz CT molecular complexity index is 520. The molecule has 1 aromatic carbocycles. The van der Waals surface area contributed by atoms with Gasteiger partial charge >= 0.3 is 5.97 Å². The predicted molar refractivity (Wildman–Crippen MR) is 74.8 cm³/mol. The third kappa shape index (κ3) is 5.74. The Labute approximate surface area is 113 Å².